The largest absolute Gasteiger partial charge is 0.385 e. The molecule has 3 heteroatoms. The first-order valence-electron chi connectivity index (χ1n) is 5.56. The van der Waals surface area contributed by atoms with Crippen molar-refractivity contribution < 1.29 is 0 Å². The molecule has 1 N–H and O–H groups in total. The van der Waals surface area contributed by atoms with Crippen LogP contribution in [-0.4, -0.2) is 11.5 Å². The lowest BCUT2D eigenvalue weighted by Crippen LogP contribution is -1.98. The predicted molar refractivity (Wildman–Crippen MR) is 71.1 cm³/mol. The van der Waals surface area contributed by atoms with Gasteiger partial charge in [0.15, 0.2) is 0 Å². The maximum atomic E-state index is 4.47. The first-order chi connectivity index (χ1) is 7.79. The Balaban J connectivity index is 2.13. The van der Waals surface area contributed by atoms with Crippen molar-refractivity contribution in [3.63, 3.8) is 0 Å². The van der Waals surface area contributed by atoms with E-state index in [1.807, 2.05) is 6.92 Å². The number of benzene rings is 1. The van der Waals surface area contributed by atoms with Gasteiger partial charge in [0.2, 0.25) is 0 Å². The number of hydrogen-bond acceptors (Lipinski definition) is 3. The smallest absolute Gasteiger partial charge is 0.0901 e. The van der Waals surface area contributed by atoms with Crippen molar-refractivity contribution in [3.8, 4) is 11.3 Å². The van der Waals surface area contributed by atoms with Gasteiger partial charge in [-0.15, -0.1) is 11.3 Å². The van der Waals surface area contributed by atoms with E-state index in [1.54, 1.807) is 11.3 Å². The Hall–Kier alpha value is -1.35. The van der Waals surface area contributed by atoms with Crippen LogP contribution in [0.15, 0.2) is 29.6 Å². The Morgan fingerprint density at radius 1 is 1.25 bits per heavy atom. The summed E-state index contributed by atoms with van der Waals surface area (Å²) in [6.45, 7) is 5.22. The van der Waals surface area contributed by atoms with Gasteiger partial charge in [-0.05, 0) is 25.5 Å². The summed E-state index contributed by atoms with van der Waals surface area (Å²) in [5.74, 6) is 0. The number of anilines is 1. The minimum absolute atomic E-state index is 1.02. The normalized spacial score (nSPS) is 10.4. The molecule has 2 aromatic rings. The summed E-state index contributed by atoms with van der Waals surface area (Å²) in [5, 5.41) is 6.58. The van der Waals surface area contributed by atoms with Gasteiger partial charge in [-0.1, -0.05) is 19.1 Å². The Bertz CT molecular complexity index is 445. The second kappa shape index (κ2) is 5.12. The molecule has 2 nitrogen and oxygen atoms in total. The fourth-order valence-corrected chi connectivity index (χ4v) is 2.15. The van der Waals surface area contributed by atoms with Gasteiger partial charge < -0.3 is 5.32 Å². The molecular formula is C13H16N2S. The number of aromatic nitrogens is 1. The second-order valence-electron chi connectivity index (χ2n) is 3.76. The zero-order valence-electron chi connectivity index (χ0n) is 9.66. The van der Waals surface area contributed by atoms with Gasteiger partial charge in [0, 0.05) is 23.2 Å². The highest BCUT2D eigenvalue weighted by Crippen LogP contribution is 2.22. The molecule has 0 saturated heterocycles. The summed E-state index contributed by atoms with van der Waals surface area (Å²) in [6, 6.07) is 8.46. The summed E-state index contributed by atoms with van der Waals surface area (Å²) in [7, 11) is 0. The Morgan fingerprint density at radius 2 is 2.00 bits per heavy atom. The van der Waals surface area contributed by atoms with Gasteiger partial charge in [-0.2, -0.15) is 0 Å². The number of aryl methyl sites for hydroxylation is 1. The van der Waals surface area contributed by atoms with Gasteiger partial charge in [-0.25, -0.2) is 4.98 Å². The summed E-state index contributed by atoms with van der Waals surface area (Å²) in [6.07, 6.45) is 1.15. The molecule has 0 aliphatic carbocycles. The minimum Gasteiger partial charge on any atom is -0.385 e. The van der Waals surface area contributed by atoms with Crippen molar-refractivity contribution in [2.24, 2.45) is 0 Å². The second-order valence-corrected chi connectivity index (χ2v) is 4.82. The molecule has 16 heavy (non-hydrogen) atoms. The Kier molecular flexibility index (Phi) is 3.57. The lowest BCUT2D eigenvalue weighted by molar-refractivity contribution is 0.980. The van der Waals surface area contributed by atoms with Crippen molar-refractivity contribution >= 4 is 17.0 Å². The SMILES string of the molecule is CCCNc1ccc(-c2csc(C)n2)cc1. The van der Waals surface area contributed by atoms with Gasteiger partial charge >= 0.3 is 0 Å². The zero-order valence-corrected chi connectivity index (χ0v) is 10.5. The van der Waals surface area contributed by atoms with E-state index in [4.69, 9.17) is 0 Å². The maximum absolute atomic E-state index is 4.47. The average molecular weight is 232 g/mol. The third-order valence-corrected chi connectivity index (χ3v) is 3.15. The lowest BCUT2D eigenvalue weighted by atomic mass is 10.1. The molecule has 0 unspecified atom stereocenters. The zero-order chi connectivity index (χ0) is 11.4. The van der Waals surface area contributed by atoms with E-state index in [9.17, 15) is 0 Å². The van der Waals surface area contributed by atoms with Crippen LogP contribution >= 0.6 is 11.3 Å². The number of rotatable bonds is 4. The van der Waals surface area contributed by atoms with Crippen LogP contribution in [0.25, 0.3) is 11.3 Å². The molecular weight excluding hydrogens is 216 g/mol. The lowest BCUT2D eigenvalue weighted by Gasteiger charge is -2.04. The highest BCUT2D eigenvalue weighted by atomic mass is 32.1. The van der Waals surface area contributed by atoms with E-state index in [-0.39, 0.29) is 0 Å². The minimum atomic E-state index is 1.02. The monoisotopic (exact) mass is 232 g/mol. The van der Waals surface area contributed by atoms with Crippen LogP contribution in [-0.2, 0) is 0 Å². The molecule has 84 valence electrons. The van der Waals surface area contributed by atoms with Crippen LogP contribution in [0.3, 0.4) is 0 Å². The van der Waals surface area contributed by atoms with Crippen molar-refractivity contribution in [3.05, 3.63) is 34.7 Å². The van der Waals surface area contributed by atoms with Crippen LogP contribution in [0.4, 0.5) is 5.69 Å². The maximum Gasteiger partial charge on any atom is 0.0901 e. The molecule has 0 aliphatic rings. The summed E-state index contributed by atoms with van der Waals surface area (Å²) in [4.78, 5) is 4.47. The standard InChI is InChI=1S/C13H16N2S/c1-3-8-14-12-6-4-11(5-7-12)13-9-16-10(2)15-13/h4-7,9,14H,3,8H2,1-2H3. The third kappa shape index (κ3) is 2.61. The molecule has 0 atom stereocenters. The van der Waals surface area contributed by atoms with E-state index in [0.717, 1.165) is 23.7 Å². The number of nitrogens with zero attached hydrogens (tertiary/aromatic N) is 1. The molecule has 1 heterocycles. The molecule has 0 fully saturated rings. The Morgan fingerprint density at radius 3 is 2.56 bits per heavy atom. The molecule has 0 saturated carbocycles. The van der Waals surface area contributed by atoms with Crippen molar-refractivity contribution in [1.82, 2.24) is 4.98 Å². The van der Waals surface area contributed by atoms with Crippen molar-refractivity contribution in [1.29, 1.82) is 0 Å². The fraction of sp³-hybridized carbons (Fsp3) is 0.308. The first kappa shape index (κ1) is 11.1. The quantitative estimate of drug-likeness (QED) is 0.863. The van der Waals surface area contributed by atoms with E-state index < -0.39 is 0 Å². The number of thiazole rings is 1. The van der Waals surface area contributed by atoms with Crippen LogP contribution in [0, 0.1) is 6.92 Å². The Labute approximate surface area is 100 Å². The van der Waals surface area contributed by atoms with E-state index in [0.29, 0.717) is 0 Å². The summed E-state index contributed by atoms with van der Waals surface area (Å²) in [5.41, 5.74) is 3.44. The van der Waals surface area contributed by atoms with Crippen LogP contribution in [0.1, 0.15) is 18.4 Å². The molecule has 0 radical (unpaired) electrons. The third-order valence-electron chi connectivity index (χ3n) is 2.38. The van der Waals surface area contributed by atoms with Gasteiger partial charge in [0.1, 0.15) is 0 Å². The molecule has 2 rings (SSSR count). The van der Waals surface area contributed by atoms with Gasteiger partial charge in [0.05, 0.1) is 10.7 Å². The van der Waals surface area contributed by atoms with Gasteiger partial charge in [0.25, 0.3) is 0 Å². The van der Waals surface area contributed by atoms with Crippen LogP contribution in [0.2, 0.25) is 0 Å². The van der Waals surface area contributed by atoms with E-state index in [1.165, 1.54) is 11.3 Å². The van der Waals surface area contributed by atoms with Crippen LogP contribution < -0.4 is 5.32 Å². The summed E-state index contributed by atoms with van der Waals surface area (Å²) >= 11 is 1.69. The van der Waals surface area contributed by atoms with E-state index >= 15 is 0 Å². The highest BCUT2D eigenvalue weighted by molar-refractivity contribution is 7.09. The highest BCUT2D eigenvalue weighted by Gasteiger charge is 2.01. The van der Waals surface area contributed by atoms with Crippen LogP contribution in [0.5, 0.6) is 0 Å². The predicted octanol–water partition coefficient (Wildman–Crippen LogP) is 3.94. The number of nitrogens with one attached hydrogen (secondary N) is 1. The van der Waals surface area contributed by atoms with E-state index in [2.05, 4.69) is 46.9 Å². The number of hydrogen-bond donors (Lipinski definition) is 1. The molecule has 0 bridgehead atoms. The average Bonchev–Trinajstić information content (AvgIpc) is 2.74. The molecule has 1 aromatic carbocycles. The molecule has 1 aromatic heterocycles. The molecule has 0 spiro atoms. The fourth-order valence-electron chi connectivity index (χ4n) is 1.52. The van der Waals surface area contributed by atoms with Gasteiger partial charge in [-0.3, -0.25) is 0 Å². The first-order valence-corrected chi connectivity index (χ1v) is 6.44. The van der Waals surface area contributed by atoms with Crippen molar-refractivity contribution in [2.75, 3.05) is 11.9 Å². The topological polar surface area (TPSA) is 24.9 Å². The summed E-state index contributed by atoms with van der Waals surface area (Å²) < 4.78 is 0. The molecule has 0 aliphatic heterocycles. The molecule has 0 amide bonds. The van der Waals surface area contributed by atoms with Crippen molar-refractivity contribution in [2.45, 2.75) is 20.3 Å².